The Labute approximate surface area is 412 Å². The summed E-state index contributed by atoms with van der Waals surface area (Å²) in [6.45, 7) is 15.7. The van der Waals surface area contributed by atoms with Gasteiger partial charge in [-0.05, 0) is 77.6 Å². The van der Waals surface area contributed by atoms with Crippen LogP contribution in [0.2, 0.25) is 5.02 Å². The number of rotatable bonds is 16. The summed E-state index contributed by atoms with van der Waals surface area (Å²) in [5.74, 6) is 0.0992. The number of likely N-dealkylation sites (tertiary alicyclic amines) is 1. The van der Waals surface area contributed by atoms with Crippen LogP contribution in [0.3, 0.4) is 0 Å². The van der Waals surface area contributed by atoms with Crippen LogP contribution in [0.5, 0.6) is 17.2 Å². The Balaban J connectivity index is 0.859. The van der Waals surface area contributed by atoms with Crippen molar-refractivity contribution in [2.75, 3.05) is 13.2 Å². The molecular weight excluding hydrogens is 916 g/mol. The highest BCUT2D eigenvalue weighted by atomic mass is 35.5. The first-order valence-corrected chi connectivity index (χ1v) is 24.1. The zero-order chi connectivity index (χ0) is 49.8. The molecule has 4 N–H and O–H groups in total. The average Bonchev–Trinajstić information content (AvgIpc) is 3.93. The number of aliphatic hydroxyl groups is 1. The molecule has 2 fully saturated rings. The number of nitrogens with one attached hydrogen (secondary N) is 3. The molecule has 14 nitrogen and oxygen atoms in total. The molecule has 1 saturated heterocycles. The number of thiazole rings is 1. The number of nitrogens with zero attached hydrogens (tertiary/aromatic N) is 3. The van der Waals surface area contributed by atoms with Crippen LogP contribution in [0.25, 0.3) is 10.4 Å². The molecule has 0 bridgehead atoms. The molecule has 7 rings (SSSR count). The number of halogens is 1. The SMILES string of the molecule is Cc1ncsc1-c1ccc(CNC(=O)[C@@H]2C[C@@H](O)CN2C(=O)[C@@H](NC(=O)COCc2ccc(Oc3ccc(C(=O)N[C@H]4C(C)(C)[C@H](Oc5ccc(C#N)c(Cl)c5)C4(C)C)cc3)cc2)C(C)(C)C)cc1. The van der Waals surface area contributed by atoms with Crippen molar-refractivity contribution in [2.45, 2.75) is 105 Å². The molecule has 3 atom stereocenters. The van der Waals surface area contributed by atoms with Crippen molar-refractivity contribution in [3.8, 4) is 33.8 Å². The molecule has 0 radical (unpaired) electrons. The van der Waals surface area contributed by atoms with Crippen LogP contribution in [0.4, 0.5) is 0 Å². The van der Waals surface area contributed by atoms with E-state index in [0.717, 1.165) is 27.3 Å². The number of aromatic nitrogens is 1. The first kappa shape index (κ1) is 50.6. The van der Waals surface area contributed by atoms with Crippen molar-refractivity contribution in [1.82, 2.24) is 25.8 Å². The van der Waals surface area contributed by atoms with E-state index in [1.54, 1.807) is 65.9 Å². The predicted molar refractivity (Wildman–Crippen MR) is 264 cm³/mol. The fraction of sp³-hybridized carbons (Fsp3) is 0.396. The van der Waals surface area contributed by atoms with Crippen molar-refractivity contribution < 1.29 is 38.5 Å². The lowest BCUT2D eigenvalue weighted by Gasteiger charge is -2.63. The van der Waals surface area contributed by atoms with Gasteiger partial charge in [0.1, 0.15) is 48.1 Å². The lowest BCUT2D eigenvalue weighted by molar-refractivity contribution is -0.164. The third kappa shape index (κ3) is 11.6. The van der Waals surface area contributed by atoms with E-state index >= 15 is 0 Å². The smallest absolute Gasteiger partial charge is 0.251 e. The monoisotopic (exact) mass is 974 g/mol. The molecule has 69 heavy (non-hydrogen) atoms. The number of hydrogen-bond acceptors (Lipinski definition) is 11. The summed E-state index contributed by atoms with van der Waals surface area (Å²) in [6, 6.07) is 26.9. The Morgan fingerprint density at radius 3 is 2.14 bits per heavy atom. The topological polar surface area (TPSA) is 192 Å². The minimum atomic E-state index is -0.991. The summed E-state index contributed by atoms with van der Waals surface area (Å²) in [5.41, 5.74) is 4.78. The van der Waals surface area contributed by atoms with E-state index < -0.39 is 46.2 Å². The van der Waals surface area contributed by atoms with E-state index in [2.05, 4.69) is 27.0 Å². The van der Waals surface area contributed by atoms with Gasteiger partial charge in [0, 0.05) is 48.0 Å². The maximum Gasteiger partial charge on any atom is 0.251 e. The Morgan fingerprint density at radius 1 is 0.928 bits per heavy atom. The molecule has 1 aliphatic carbocycles. The highest BCUT2D eigenvalue weighted by molar-refractivity contribution is 7.13. The fourth-order valence-electron chi connectivity index (χ4n) is 9.52. The number of amides is 4. The second-order valence-electron chi connectivity index (χ2n) is 20.0. The number of β-amino-alcohol motifs (C(OH)–C–C–N with tert-alkyl or cyclic N) is 1. The predicted octanol–water partition coefficient (Wildman–Crippen LogP) is 8.37. The largest absolute Gasteiger partial charge is 0.489 e. The van der Waals surface area contributed by atoms with Gasteiger partial charge in [-0.2, -0.15) is 5.26 Å². The summed E-state index contributed by atoms with van der Waals surface area (Å²) < 4.78 is 18.1. The minimum absolute atomic E-state index is 0.0309. The van der Waals surface area contributed by atoms with Crippen molar-refractivity contribution in [3.05, 3.63) is 129 Å². The number of benzene rings is 4. The number of ether oxygens (including phenoxy) is 3. The van der Waals surface area contributed by atoms with E-state index in [9.17, 15) is 29.5 Å². The highest BCUT2D eigenvalue weighted by Crippen LogP contribution is 2.55. The van der Waals surface area contributed by atoms with Gasteiger partial charge < -0.3 is 40.2 Å². The van der Waals surface area contributed by atoms with Crippen LogP contribution in [0.15, 0.2) is 96.5 Å². The molecule has 0 spiro atoms. The summed E-state index contributed by atoms with van der Waals surface area (Å²) >= 11 is 7.81. The van der Waals surface area contributed by atoms with Gasteiger partial charge in [-0.1, -0.05) is 96.5 Å². The fourth-order valence-corrected chi connectivity index (χ4v) is 10.5. The van der Waals surface area contributed by atoms with E-state index in [-0.39, 0.29) is 56.7 Å². The van der Waals surface area contributed by atoms with Crippen LogP contribution in [0.1, 0.15) is 87.6 Å². The lowest BCUT2D eigenvalue weighted by atomic mass is 9.49. The molecule has 4 amide bonds. The molecule has 5 aromatic rings. The van der Waals surface area contributed by atoms with Crippen LogP contribution < -0.4 is 25.4 Å². The second-order valence-corrected chi connectivity index (χ2v) is 21.3. The van der Waals surface area contributed by atoms with Crippen LogP contribution in [-0.4, -0.2) is 82.1 Å². The number of hydrogen-bond donors (Lipinski definition) is 4. The van der Waals surface area contributed by atoms with Gasteiger partial charge in [-0.3, -0.25) is 19.2 Å². The van der Waals surface area contributed by atoms with Gasteiger partial charge in [-0.25, -0.2) is 4.98 Å². The third-order valence-corrected chi connectivity index (χ3v) is 14.2. The molecule has 1 aromatic heterocycles. The molecule has 1 saturated carbocycles. The van der Waals surface area contributed by atoms with Gasteiger partial charge >= 0.3 is 0 Å². The molecule has 2 heterocycles. The molecular formula is C53H59ClN6O8S. The zero-order valence-electron chi connectivity index (χ0n) is 40.1. The Bertz CT molecular complexity index is 2690. The van der Waals surface area contributed by atoms with Crippen LogP contribution in [-0.2, 0) is 32.3 Å². The first-order valence-electron chi connectivity index (χ1n) is 22.8. The maximum atomic E-state index is 14.1. The number of aliphatic hydroxyl groups excluding tert-OH is 1. The van der Waals surface area contributed by atoms with E-state index in [1.807, 2.05) is 97.3 Å². The van der Waals surface area contributed by atoms with E-state index in [1.165, 1.54) is 4.90 Å². The Morgan fingerprint density at radius 2 is 1.55 bits per heavy atom. The van der Waals surface area contributed by atoms with E-state index in [0.29, 0.717) is 33.4 Å². The average molecular weight is 976 g/mol. The van der Waals surface area contributed by atoms with E-state index in [4.69, 9.17) is 25.8 Å². The Kier molecular flexibility index (Phi) is 15.2. The van der Waals surface area contributed by atoms with Crippen molar-refractivity contribution in [2.24, 2.45) is 16.2 Å². The molecule has 4 aromatic carbocycles. The number of aryl methyl sites for hydroxylation is 1. The molecule has 362 valence electrons. The number of carbonyl (C=O) groups excluding carboxylic acids is 4. The number of carbonyl (C=O) groups is 4. The van der Waals surface area contributed by atoms with Crippen molar-refractivity contribution in [1.29, 1.82) is 5.26 Å². The molecule has 0 unspecified atom stereocenters. The third-order valence-electron chi connectivity index (χ3n) is 12.9. The Hall–Kier alpha value is -6.31. The second kappa shape index (κ2) is 20.7. The summed E-state index contributed by atoms with van der Waals surface area (Å²) in [7, 11) is 0. The van der Waals surface area contributed by atoms with Gasteiger partial charge in [0.25, 0.3) is 5.91 Å². The van der Waals surface area contributed by atoms with Crippen molar-refractivity contribution in [3.63, 3.8) is 0 Å². The first-order chi connectivity index (χ1) is 32.6. The minimum Gasteiger partial charge on any atom is -0.489 e. The van der Waals surface area contributed by atoms with Gasteiger partial charge in [0.15, 0.2) is 0 Å². The lowest BCUT2D eigenvalue weighted by Crippen LogP contribution is -2.74. The van der Waals surface area contributed by atoms with Gasteiger partial charge in [-0.15, -0.1) is 11.3 Å². The van der Waals surface area contributed by atoms with Gasteiger partial charge in [0.2, 0.25) is 17.7 Å². The zero-order valence-corrected chi connectivity index (χ0v) is 41.7. The van der Waals surface area contributed by atoms with Gasteiger partial charge in [0.05, 0.1) is 39.4 Å². The quantitative estimate of drug-likeness (QED) is 0.0747. The molecule has 2 aliphatic rings. The molecule has 1 aliphatic heterocycles. The highest BCUT2D eigenvalue weighted by Gasteiger charge is 2.64. The standard InChI is InChI=1S/C53H59ClN6O8S/c1-31-44(69-30-57-31)34-13-9-32(10-14-34)26-56-47(64)42-23-37(61)27-60(42)48(65)45(51(2,3)4)58-43(62)29-66-28-33-11-18-38(19-12-33)67-39-20-15-35(16-21-39)46(63)59-49-52(5,6)50(53(49,7)8)68-40-22-17-36(25-55)41(54)24-40/h9-22,24,30,37,42,45,49-50,61H,23,26-29H2,1-8H3,(H,56,64)(H,58,62)(H,59,63)/t37-,42+,45-,49-,50-/m1/s1. The summed E-state index contributed by atoms with van der Waals surface area (Å²) in [6.07, 6.45) is -1.03. The normalized spacial score (nSPS) is 19.6. The summed E-state index contributed by atoms with van der Waals surface area (Å²) in [4.78, 5) is 60.9. The summed E-state index contributed by atoms with van der Waals surface area (Å²) in [5, 5.41) is 29.1. The van der Waals surface area contributed by atoms with Crippen LogP contribution >= 0.6 is 22.9 Å². The molecule has 16 heteroatoms. The van der Waals surface area contributed by atoms with Crippen molar-refractivity contribution >= 4 is 46.6 Å². The van der Waals surface area contributed by atoms with Crippen LogP contribution in [0, 0.1) is 34.5 Å². The maximum absolute atomic E-state index is 14.1. The number of nitriles is 1.